The van der Waals surface area contributed by atoms with Crippen molar-refractivity contribution in [2.45, 2.75) is 26.7 Å². The number of hydrogen-bond donors (Lipinski definition) is 1. The van der Waals surface area contributed by atoms with Gasteiger partial charge in [0.05, 0.1) is 5.69 Å². The van der Waals surface area contributed by atoms with Gasteiger partial charge in [0.25, 0.3) is 0 Å². The van der Waals surface area contributed by atoms with Gasteiger partial charge in [0.2, 0.25) is 5.91 Å². The molecule has 2 aromatic rings. The van der Waals surface area contributed by atoms with Crippen LogP contribution in [0, 0.1) is 12.7 Å². The van der Waals surface area contributed by atoms with Crippen molar-refractivity contribution in [1.82, 2.24) is 20.1 Å². The summed E-state index contributed by atoms with van der Waals surface area (Å²) in [6.07, 6.45) is 1.47. The molecule has 0 saturated carbocycles. The molecular weight excluding hydrogens is 259 g/mol. The SMILES string of the molecule is CC(=O)NCCCc1nc(C)nn1-c1ccc(F)cc1. The summed E-state index contributed by atoms with van der Waals surface area (Å²) in [5.74, 6) is 1.15. The highest BCUT2D eigenvalue weighted by atomic mass is 19.1. The van der Waals surface area contributed by atoms with Gasteiger partial charge in [-0.1, -0.05) is 0 Å². The molecule has 1 heterocycles. The van der Waals surface area contributed by atoms with Crippen molar-refractivity contribution >= 4 is 5.91 Å². The van der Waals surface area contributed by atoms with E-state index >= 15 is 0 Å². The quantitative estimate of drug-likeness (QED) is 0.847. The van der Waals surface area contributed by atoms with Crippen LogP contribution in [0.1, 0.15) is 25.0 Å². The first-order valence-corrected chi connectivity index (χ1v) is 6.49. The van der Waals surface area contributed by atoms with Crippen LogP contribution in [0.25, 0.3) is 5.69 Å². The number of halogens is 1. The predicted octanol–water partition coefficient (Wildman–Crippen LogP) is 1.78. The van der Waals surface area contributed by atoms with E-state index in [9.17, 15) is 9.18 Å². The molecule has 6 heteroatoms. The average Bonchev–Trinajstić information content (AvgIpc) is 2.76. The first kappa shape index (κ1) is 14.2. The Balaban J connectivity index is 2.09. The van der Waals surface area contributed by atoms with Gasteiger partial charge in [-0.05, 0) is 37.6 Å². The normalized spacial score (nSPS) is 10.6. The predicted molar refractivity (Wildman–Crippen MR) is 73.1 cm³/mol. The van der Waals surface area contributed by atoms with Crippen molar-refractivity contribution in [3.63, 3.8) is 0 Å². The molecule has 106 valence electrons. The minimum atomic E-state index is -0.280. The lowest BCUT2D eigenvalue weighted by molar-refractivity contribution is -0.118. The van der Waals surface area contributed by atoms with Crippen LogP contribution in [0.15, 0.2) is 24.3 Å². The van der Waals surface area contributed by atoms with Gasteiger partial charge in [0.1, 0.15) is 17.5 Å². The summed E-state index contributed by atoms with van der Waals surface area (Å²) in [4.78, 5) is 15.2. The van der Waals surface area contributed by atoms with Gasteiger partial charge in [-0.25, -0.2) is 14.1 Å². The summed E-state index contributed by atoms with van der Waals surface area (Å²) < 4.78 is 14.7. The van der Waals surface area contributed by atoms with Crippen LogP contribution in [0.3, 0.4) is 0 Å². The van der Waals surface area contributed by atoms with E-state index in [1.807, 2.05) is 6.92 Å². The van der Waals surface area contributed by atoms with Crippen molar-refractivity contribution < 1.29 is 9.18 Å². The molecule has 5 nitrogen and oxygen atoms in total. The summed E-state index contributed by atoms with van der Waals surface area (Å²) in [5.41, 5.74) is 0.779. The summed E-state index contributed by atoms with van der Waals surface area (Å²) in [7, 11) is 0. The van der Waals surface area contributed by atoms with Gasteiger partial charge in [0.15, 0.2) is 0 Å². The number of nitrogens with zero attached hydrogens (tertiary/aromatic N) is 3. The van der Waals surface area contributed by atoms with Gasteiger partial charge in [-0.3, -0.25) is 4.79 Å². The van der Waals surface area contributed by atoms with Crippen LogP contribution in [-0.4, -0.2) is 27.2 Å². The minimum absolute atomic E-state index is 0.0406. The zero-order valence-electron chi connectivity index (χ0n) is 11.6. The van der Waals surface area contributed by atoms with Crippen LogP contribution in [0.4, 0.5) is 4.39 Å². The molecule has 0 fully saturated rings. The summed E-state index contributed by atoms with van der Waals surface area (Å²) in [5, 5.41) is 7.06. The van der Waals surface area contributed by atoms with E-state index in [0.717, 1.165) is 17.9 Å². The highest BCUT2D eigenvalue weighted by Crippen LogP contribution is 2.12. The third-order valence-electron chi connectivity index (χ3n) is 2.80. The molecule has 0 unspecified atom stereocenters. The molecule has 0 saturated heterocycles. The smallest absolute Gasteiger partial charge is 0.216 e. The molecule has 0 bridgehead atoms. The van der Waals surface area contributed by atoms with Crippen LogP contribution in [0.5, 0.6) is 0 Å². The first-order valence-electron chi connectivity index (χ1n) is 6.49. The zero-order valence-corrected chi connectivity index (χ0v) is 11.6. The molecule has 0 radical (unpaired) electrons. The molecule has 0 spiro atoms. The maximum Gasteiger partial charge on any atom is 0.216 e. The van der Waals surface area contributed by atoms with E-state index in [-0.39, 0.29) is 11.7 Å². The fraction of sp³-hybridized carbons (Fsp3) is 0.357. The standard InChI is InChI=1S/C14H17FN4O/c1-10-17-14(4-3-9-16-11(2)20)19(18-10)13-7-5-12(15)6-8-13/h5-8H,3-4,9H2,1-2H3,(H,16,20). The number of aromatic nitrogens is 3. The fourth-order valence-electron chi connectivity index (χ4n) is 1.92. The molecule has 20 heavy (non-hydrogen) atoms. The van der Waals surface area contributed by atoms with Crippen LogP contribution in [0.2, 0.25) is 0 Å². The largest absolute Gasteiger partial charge is 0.356 e. The third-order valence-corrected chi connectivity index (χ3v) is 2.80. The minimum Gasteiger partial charge on any atom is -0.356 e. The Labute approximate surface area is 116 Å². The monoisotopic (exact) mass is 276 g/mol. The number of hydrogen-bond acceptors (Lipinski definition) is 3. The van der Waals surface area contributed by atoms with Crippen molar-refractivity contribution in [3.8, 4) is 5.69 Å². The molecule has 1 N–H and O–H groups in total. The third kappa shape index (κ3) is 3.63. The van der Waals surface area contributed by atoms with Crippen molar-refractivity contribution in [3.05, 3.63) is 41.7 Å². The Morgan fingerprint density at radius 2 is 2.05 bits per heavy atom. The van der Waals surface area contributed by atoms with E-state index in [0.29, 0.717) is 18.8 Å². The number of rotatable bonds is 5. The van der Waals surface area contributed by atoms with Gasteiger partial charge >= 0.3 is 0 Å². The number of amides is 1. The Morgan fingerprint density at radius 1 is 1.35 bits per heavy atom. The maximum atomic E-state index is 12.9. The second-order valence-electron chi connectivity index (χ2n) is 4.55. The fourth-order valence-corrected chi connectivity index (χ4v) is 1.92. The second-order valence-corrected chi connectivity index (χ2v) is 4.55. The Bertz CT molecular complexity index is 592. The highest BCUT2D eigenvalue weighted by Gasteiger charge is 2.09. The lowest BCUT2D eigenvalue weighted by Gasteiger charge is -2.06. The van der Waals surface area contributed by atoms with Crippen molar-refractivity contribution in [2.75, 3.05) is 6.54 Å². The number of carbonyl (C=O) groups is 1. The van der Waals surface area contributed by atoms with Crippen LogP contribution < -0.4 is 5.32 Å². The van der Waals surface area contributed by atoms with Gasteiger partial charge in [0, 0.05) is 19.9 Å². The number of aryl methyl sites for hydroxylation is 2. The number of benzene rings is 1. The lowest BCUT2D eigenvalue weighted by atomic mass is 10.2. The number of nitrogens with one attached hydrogen (secondary N) is 1. The molecule has 2 rings (SSSR count). The molecule has 1 aromatic heterocycles. The maximum absolute atomic E-state index is 12.9. The number of carbonyl (C=O) groups excluding carboxylic acids is 1. The molecule has 1 amide bonds. The van der Waals surface area contributed by atoms with E-state index in [4.69, 9.17) is 0 Å². The van der Waals surface area contributed by atoms with Gasteiger partial charge in [-0.2, -0.15) is 5.10 Å². The van der Waals surface area contributed by atoms with E-state index < -0.39 is 0 Å². The Morgan fingerprint density at radius 3 is 2.70 bits per heavy atom. The van der Waals surface area contributed by atoms with Crippen molar-refractivity contribution in [1.29, 1.82) is 0 Å². The summed E-state index contributed by atoms with van der Waals surface area (Å²) >= 11 is 0. The molecule has 0 aliphatic carbocycles. The highest BCUT2D eigenvalue weighted by molar-refractivity contribution is 5.72. The van der Waals surface area contributed by atoms with E-state index in [2.05, 4.69) is 15.4 Å². The first-order chi connectivity index (χ1) is 9.56. The molecular formula is C14H17FN4O. The van der Waals surface area contributed by atoms with Gasteiger partial charge < -0.3 is 5.32 Å². The van der Waals surface area contributed by atoms with Crippen molar-refractivity contribution in [2.24, 2.45) is 0 Å². The summed E-state index contributed by atoms with van der Waals surface area (Å²) in [6.45, 7) is 3.91. The molecule has 1 aromatic carbocycles. The topological polar surface area (TPSA) is 59.8 Å². The Hall–Kier alpha value is -2.24. The molecule has 0 aliphatic rings. The second kappa shape index (κ2) is 6.27. The van der Waals surface area contributed by atoms with Gasteiger partial charge in [-0.15, -0.1) is 0 Å². The van der Waals surface area contributed by atoms with Crippen LogP contribution in [-0.2, 0) is 11.2 Å². The zero-order chi connectivity index (χ0) is 14.5. The van der Waals surface area contributed by atoms with Crippen LogP contribution >= 0.6 is 0 Å². The lowest BCUT2D eigenvalue weighted by Crippen LogP contribution is -2.21. The van der Waals surface area contributed by atoms with E-state index in [1.165, 1.54) is 19.1 Å². The summed E-state index contributed by atoms with van der Waals surface area (Å²) in [6, 6.07) is 6.13. The van der Waals surface area contributed by atoms with E-state index in [1.54, 1.807) is 16.8 Å². The molecule has 0 aliphatic heterocycles. The molecule has 0 atom stereocenters. The Kier molecular flexibility index (Phi) is 4.45. The average molecular weight is 276 g/mol.